The Balaban J connectivity index is 0.00000192. The number of nitrogen functional groups attached to an aromatic ring is 1. The fraction of sp³-hybridized carbons (Fsp3) is 0.500. The molecule has 4 heterocycles. The van der Waals surface area contributed by atoms with Gasteiger partial charge in [0.1, 0.15) is 0 Å². The van der Waals surface area contributed by atoms with Crippen molar-refractivity contribution in [3.05, 3.63) is 12.1 Å². The molecule has 2 bridgehead atoms. The van der Waals surface area contributed by atoms with Crippen LogP contribution in [0.15, 0.2) is 12.1 Å². The second-order valence-corrected chi connectivity index (χ2v) is 7.26. The second kappa shape index (κ2) is 6.82. The largest absolute Gasteiger partial charge is 0.454 e. The van der Waals surface area contributed by atoms with Gasteiger partial charge in [-0.15, -0.1) is 12.4 Å². The standard InChI is InChI=1S/C18H19N3O6.ClH/c19-8-5-12-13(26-7-25-12)6-9(8)20-14(22)3-4-21-17(23)15-10-1-2-11(27-10)16(15)18(21)24;/h5-6,10-11,15-16H,1-4,7,19H2,(H,20,22);1H. The highest BCUT2D eigenvalue weighted by atomic mass is 35.5. The highest BCUT2D eigenvalue weighted by Crippen LogP contribution is 2.48. The van der Waals surface area contributed by atoms with Crippen LogP contribution in [0, 0.1) is 11.8 Å². The maximum absolute atomic E-state index is 12.6. The van der Waals surface area contributed by atoms with Gasteiger partial charge in [-0.3, -0.25) is 19.3 Å². The average Bonchev–Trinajstić information content (AvgIpc) is 3.39. The van der Waals surface area contributed by atoms with Gasteiger partial charge in [0.05, 0.1) is 35.4 Å². The van der Waals surface area contributed by atoms with Crippen LogP contribution in [-0.4, -0.2) is 48.2 Å². The lowest BCUT2D eigenvalue weighted by atomic mass is 9.81. The van der Waals surface area contributed by atoms with Gasteiger partial charge in [-0.25, -0.2) is 0 Å². The van der Waals surface area contributed by atoms with Crippen molar-refractivity contribution < 1.29 is 28.6 Å². The number of benzene rings is 1. The Labute approximate surface area is 166 Å². The lowest BCUT2D eigenvalue weighted by molar-refractivity contribution is -0.142. The Kier molecular flexibility index (Phi) is 4.59. The first-order valence-electron chi connectivity index (χ1n) is 9.02. The maximum atomic E-state index is 12.6. The zero-order valence-electron chi connectivity index (χ0n) is 14.9. The summed E-state index contributed by atoms with van der Waals surface area (Å²) in [5, 5.41) is 2.70. The average molecular weight is 410 g/mol. The summed E-state index contributed by atoms with van der Waals surface area (Å²) in [6.07, 6.45) is 1.35. The number of hydrogen-bond donors (Lipinski definition) is 2. The molecule has 1 aromatic rings. The molecule has 0 aromatic heterocycles. The molecule has 0 aliphatic carbocycles. The van der Waals surface area contributed by atoms with Crippen molar-refractivity contribution in [3.8, 4) is 11.5 Å². The molecule has 4 aliphatic heterocycles. The van der Waals surface area contributed by atoms with Crippen molar-refractivity contribution >= 4 is 41.5 Å². The fourth-order valence-electron chi connectivity index (χ4n) is 4.49. The van der Waals surface area contributed by atoms with Crippen molar-refractivity contribution in [3.63, 3.8) is 0 Å². The third kappa shape index (κ3) is 2.77. The Bertz CT molecular complexity index is 834. The molecule has 10 heteroatoms. The molecular formula is C18H20ClN3O6. The third-order valence-corrected chi connectivity index (χ3v) is 5.76. The predicted molar refractivity (Wildman–Crippen MR) is 99.1 cm³/mol. The molecule has 5 rings (SSSR count). The Morgan fingerprint density at radius 1 is 1.11 bits per heavy atom. The lowest BCUT2D eigenvalue weighted by Gasteiger charge is -2.17. The Morgan fingerprint density at radius 3 is 2.36 bits per heavy atom. The van der Waals surface area contributed by atoms with E-state index in [1.54, 1.807) is 12.1 Å². The van der Waals surface area contributed by atoms with E-state index < -0.39 is 0 Å². The molecule has 150 valence electrons. The molecule has 1 aromatic carbocycles. The van der Waals surface area contributed by atoms with Crippen LogP contribution in [0.1, 0.15) is 19.3 Å². The number of amides is 3. The van der Waals surface area contributed by atoms with Crippen LogP contribution in [0.3, 0.4) is 0 Å². The number of nitrogens with one attached hydrogen (secondary N) is 1. The first-order valence-corrected chi connectivity index (χ1v) is 9.02. The number of nitrogens with zero attached hydrogens (tertiary/aromatic N) is 1. The SMILES string of the molecule is Cl.Nc1cc2c(cc1NC(=O)CCN1C(=O)C3C4CCC(O4)C3C1=O)OCO2. The van der Waals surface area contributed by atoms with Crippen molar-refractivity contribution in [1.82, 2.24) is 4.90 Å². The van der Waals surface area contributed by atoms with E-state index in [4.69, 9.17) is 19.9 Å². The van der Waals surface area contributed by atoms with Gasteiger partial charge in [-0.1, -0.05) is 0 Å². The molecule has 28 heavy (non-hydrogen) atoms. The minimum atomic E-state index is -0.371. The lowest BCUT2D eigenvalue weighted by Crippen LogP contribution is -2.36. The maximum Gasteiger partial charge on any atom is 0.235 e. The van der Waals surface area contributed by atoms with E-state index in [0.29, 0.717) is 22.9 Å². The number of ether oxygens (including phenoxy) is 3. The Hall–Kier alpha value is -2.52. The number of likely N-dealkylation sites (tertiary alicyclic amines) is 1. The number of halogens is 1. The van der Waals surface area contributed by atoms with Crippen molar-refractivity contribution in [2.75, 3.05) is 24.4 Å². The molecule has 0 radical (unpaired) electrons. The van der Waals surface area contributed by atoms with Crippen molar-refractivity contribution in [1.29, 1.82) is 0 Å². The summed E-state index contributed by atoms with van der Waals surface area (Å²) in [7, 11) is 0. The summed E-state index contributed by atoms with van der Waals surface area (Å²) in [5.74, 6) is -0.472. The van der Waals surface area contributed by atoms with Crippen LogP contribution < -0.4 is 20.5 Å². The number of anilines is 2. The highest BCUT2D eigenvalue weighted by molar-refractivity contribution is 6.06. The van der Waals surface area contributed by atoms with Crippen LogP contribution in [0.25, 0.3) is 0 Å². The molecule has 3 N–H and O–H groups in total. The first kappa shape index (κ1) is 18.8. The molecule has 0 saturated carbocycles. The molecule has 9 nitrogen and oxygen atoms in total. The minimum Gasteiger partial charge on any atom is -0.454 e. The fourth-order valence-corrected chi connectivity index (χ4v) is 4.49. The number of carbonyl (C=O) groups excluding carboxylic acids is 3. The van der Waals surface area contributed by atoms with Crippen LogP contribution in [0.2, 0.25) is 0 Å². The van der Waals surface area contributed by atoms with Crippen LogP contribution >= 0.6 is 12.4 Å². The topological polar surface area (TPSA) is 120 Å². The van der Waals surface area contributed by atoms with E-state index in [2.05, 4.69) is 5.32 Å². The number of hydrogen-bond acceptors (Lipinski definition) is 7. The molecule has 3 amide bonds. The van der Waals surface area contributed by atoms with E-state index in [1.165, 1.54) is 4.90 Å². The van der Waals surface area contributed by atoms with Crippen LogP contribution in [-0.2, 0) is 19.1 Å². The van der Waals surface area contributed by atoms with Gasteiger partial charge in [-0.05, 0) is 12.8 Å². The molecule has 3 fully saturated rings. The van der Waals surface area contributed by atoms with Gasteiger partial charge in [-0.2, -0.15) is 0 Å². The molecule has 4 aliphatic rings. The number of rotatable bonds is 4. The van der Waals surface area contributed by atoms with Crippen molar-refractivity contribution in [2.24, 2.45) is 11.8 Å². The Morgan fingerprint density at radius 2 is 1.71 bits per heavy atom. The van der Waals surface area contributed by atoms with E-state index in [-0.39, 0.29) is 73.9 Å². The third-order valence-electron chi connectivity index (χ3n) is 5.76. The summed E-state index contributed by atoms with van der Waals surface area (Å²) in [6.45, 7) is 0.166. The second-order valence-electron chi connectivity index (χ2n) is 7.26. The normalized spacial score (nSPS) is 29.1. The van der Waals surface area contributed by atoms with E-state index in [1.807, 2.05) is 0 Å². The van der Waals surface area contributed by atoms with Crippen LogP contribution in [0.5, 0.6) is 11.5 Å². The quantitative estimate of drug-likeness (QED) is 0.560. The number of fused-ring (bicyclic) bond motifs is 6. The van der Waals surface area contributed by atoms with Gasteiger partial charge >= 0.3 is 0 Å². The van der Waals surface area contributed by atoms with E-state index in [0.717, 1.165) is 12.8 Å². The van der Waals surface area contributed by atoms with Gasteiger partial charge in [0.25, 0.3) is 0 Å². The number of imide groups is 1. The van der Waals surface area contributed by atoms with Gasteiger partial charge in [0, 0.05) is 25.1 Å². The summed E-state index contributed by atoms with van der Waals surface area (Å²) in [5.41, 5.74) is 6.68. The number of carbonyl (C=O) groups is 3. The zero-order chi connectivity index (χ0) is 18.7. The van der Waals surface area contributed by atoms with Gasteiger partial charge < -0.3 is 25.3 Å². The number of nitrogens with two attached hydrogens (primary N) is 1. The molecular weight excluding hydrogens is 390 g/mol. The van der Waals surface area contributed by atoms with E-state index in [9.17, 15) is 14.4 Å². The zero-order valence-corrected chi connectivity index (χ0v) is 15.7. The molecule has 4 unspecified atom stereocenters. The monoisotopic (exact) mass is 409 g/mol. The summed E-state index contributed by atoms with van der Waals surface area (Å²) >= 11 is 0. The predicted octanol–water partition coefficient (Wildman–Crippen LogP) is 0.910. The summed E-state index contributed by atoms with van der Waals surface area (Å²) < 4.78 is 16.2. The smallest absolute Gasteiger partial charge is 0.235 e. The van der Waals surface area contributed by atoms with Crippen LogP contribution in [0.4, 0.5) is 11.4 Å². The van der Waals surface area contributed by atoms with Gasteiger partial charge in [0.15, 0.2) is 11.5 Å². The molecule has 3 saturated heterocycles. The van der Waals surface area contributed by atoms with Crippen molar-refractivity contribution in [2.45, 2.75) is 31.5 Å². The first-order chi connectivity index (χ1) is 13.0. The highest BCUT2D eigenvalue weighted by Gasteiger charge is 2.62. The summed E-state index contributed by atoms with van der Waals surface area (Å²) in [6, 6.07) is 3.18. The molecule has 0 spiro atoms. The van der Waals surface area contributed by atoms with Gasteiger partial charge in [0.2, 0.25) is 24.5 Å². The van der Waals surface area contributed by atoms with E-state index >= 15 is 0 Å². The summed E-state index contributed by atoms with van der Waals surface area (Å²) in [4.78, 5) is 38.7. The molecule has 4 atom stereocenters. The minimum absolute atomic E-state index is 0.